The van der Waals surface area contributed by atoms with E-state index in [0.717, 1.165) is 5.56 Å². The van der Waals surface area contributed by atoms with Crippen LogP contribution in [0.15, 0.2) is 30.3 Å². The van der Waals surface area contributed by atoms with Crippen LogP contribution in [0.2, 0.25) is 0 Å². The maximum Gasteiger partial charge on any atom is 0.347 e. The maximum absolute atomic E-state index is 12.8. The van der Waals surface area contributed by atoms with E-state index in [0.29, 0.717) is 6.42 Å². The molecule has 21 heavy (non-hydrogen) atoms. The molecule has 0 radical (unpaired) electrons. The third-order valence-corrected chi connectivity index (χ3v) is 6.02. The van der Waals surface area contributed by atoms with Crippen LogP contribution in [0.25, 0.3) is 0 Å². The van der Waals surface area contributed by atoms with Gasteiger partial charge in [-0.15, -0.1) is 0 Å². The standard InChI is InChI=1S/C16H28NO3P/c1-13(16(2,3)4)17-15(21(18,19-5)20-6)12-14-10-8-7-9-11-14/h7-11,13,15,17H,12H2,1-6H3/t13-,15?/m0/s1. The first-order valence-electron chi connectivity index (χ1n) is 7.24. The summed E-state index contributed by atoms with van der Waals surface area (Å²) in [7, 11) is -0.319. The van der Waals surface area contributed by atoms with Gasteiger partial charge in [0.15, 0.2) is 0 Å². The Balaban J connectivity index is 2.98. The molecule has 0 heterocycles. The second-order valence-electron chi connectivity index (χ2n) is 6.36. The van der Waals surface area contributed by atoms with Gasteiger partial charge in [0.05, 0.1) is 0 Å². The Hall–Kier alpha value is -0.670. The first-order valence-corrected chi connectivity index (χ1v) is 8.85. The van der Waals surface area contributed by atoms with Gasteiger partial charge >= 0.3 is 7.60 Å². The number of hydrogen-bond acceptors (Lipinski definition) is 4. The van der Waals surface area contributed by atoms with E-state index in [4.69, 9.17) is 9.05 Å². The maximum atomic E-state index is 12.8. The van der Waals surface area contributed by atoms with E-state index in [1.54, 1.807) is 0 Å². The second kappa shape index (κ2) is 7.55. The summed E-state index contributed by atoms with van der Waals surface area (Å²) < 4.78 is 23.2. The molecular weight excluding hydrogens is 285 g/mol. The van der Waals surface area contributed by atoms with Crippen molar-refractivity contribution in [3.8, 4) is 0 Å². The van der Waals surface area contributed by atoms with Gasteiger partial charge in [-0.25, -0.2) is 0 Å². The quantitative estimate of drug-likeness (QED) is 0.771. The van der Waals surface area contributed by atoms with Crippen LogP contribution in [0, 0.1) is 5.41 Å². The molecule has 120 valence electrons. The minimum absolute atomic E-state index is 0.0568. The van der Waals surface area contributed by atoms with Crippen molar-refractivity contribution in [1.82, 2.24) is 5.32 Å². The van der Waals surface area contributed by atoms with Gasteiger partial charge in [-0.2, -0.15) is 0 Å². The summed E-state index contributed by atoms with van der Waals surface area (Å²) in [6, 6.07) is 10.1. The Bertz CT molecular complexity index is 462. The second-order valence-corrected chi connectivity index (χ2v) is 8.80. The summed E-state index contributed by atoms with van der Waals surface area (Å²) >= 11 is 0. The Morgan fingerprint density at radius 2 is 1.67 bits per heavy atom. The zero-order chi connectivity index (χ0) is 16.1. The molecule has 0 aliphatic rings. The zero-order valence-corrected chi connectivity index (χ0v) is 14.8. The van der Waals surface area contributed by atoms with E-state index in [1.165, 1.54) is 14.2 Å². The van der Waals surface area contributed by atoms with Crippen LogP contribution in [0.1, 0.15) is 33.3 Å². The van der Waals surface area contributed by atoms with Crippen molar-refractivity contribution in [3.63, 3.8) is 0 Å². The molecule has 4 nitrogen and oxygen atoms in total. The summed E-state index contributed by atoms with van der Waals surface area (Å²) in [5.74, 6) is -0.371. The van der Waals surface area contributed by atoms with Gasteiger partial charge in [0.1, 0.15) is 5.78 Å². The lowest BCUT2D eigenvalue weighted by atomic mass is 9.88. The van der Waals surface area contributed by atoms with Crippen LogP contribution in [0.5, 0.6) is 0 Å². The number of hydrogen-bond donors (Lipinski definition) is 1. The SMILES string of the molecule is COP(=O)(OC)C(Cc1ccccc1)N[C@@H](C)C(C)(C)C. The van der Waals surface area contributed by atoms with Crippen LogP contribution < -0.4 is 5.32 Å². The van der Waals surface area contributed by atoms with E-state index in [2.05, 4.69) is 33.0 Å². The topological polar surface area (TPSA) is 47.6 Å². The molecule has 0 aliphatic heterocycles. The fourth-order valence-electron chi connectivity index (χ4n) is 1.97. The first-order chi connectivity index (χ1) is 9.73. The highest BCUT2D eigenvalue weighted by atomic mass is 31.2. The molecule has 2 atom stereocenters. The fourth-order valence-corrected chi connectivity index (χ4v) is 3.47. The molecule has 1 rings (SSSR count). The van der Waals surface area contributed by atoms with Gasteiger partial charge in [0.25, 0.3) is 0 Å². The van der Waals surface area contributed by atoms with Gasteiger partial charge in [0.2, 0.25) is 0 Å². The van der Waals surface area contributed by atoms with Crippen molar-refractivity contribution in [3.05, 3.63) is 35.9 Å². The van der Waals surface area contributed by atoms with Crippen molar-refractivity contribution >= 4 is 7.60 Å². The largest absolute Gasteiger partial charge is 0.347 e. The summed E-state index contributed by atoms with van der Waals surface area (Å²) in [5.41, 5.74) is 1.16. The molecule has 0 fully saturated rings. The molecule has 0 spiro atoms. The van der Waals surface area contributed by atoms with Gasteiger partial charge in [-0.05, 0) is 24.3 Å². The Labute approximate surface area is 128 Å². The highest BCUT2D eigenvalue weighted by molar-refractivity contribution is 7.54. The van der Waals surface area contributed by atoms with Crippen molar-refractivity contribution in [2.24, 2.45) is 5.41 Å². The van der Waals surface area contributed by atoms with Crippen LogP contribution in [-0.4, -0.2) is 26.0 Å². The normalized spacial score (nSPS) is 15.7. The lowest BCUT2D eigenvalue weighted by molar-refractivity contribution is 0.232. The smallest absolute Gasteiger partial charge is 0.311 e. The Morgan fingerprint density at radius 3 is 2.10 bits per heavy atom. The van der Waals surface area contributed by atoms with Crippen molar-refractivity contribution < 1.29 is 13.6 Å². The van der Waals surface area contributed by atoms with E-state index in [1.807, 2.05) is 30.3 Å². The lowest BCUT2D eigenvalue weighted by Gasteiger charge is -2.34. The van der Waals surface area contributed by atoms with Crippen LogP contribution in [-0.2, 0) is 20.0 Å². The van der Waals surface area contributed by atoms with Crippen LogP contribution in [0.4, 0.5) is 0 Å². The average Bonchev–Trinajstić information content (AvgIpc) is 2.45. The zero-order valence-electron chi connectivity index (χ0n) is 13.9. The molecule has 0 saturated heterocycles. The summed E-state index contributed by atoms with van der Waals surface area (Å²) in [4.78, 5) is 0. The van der Waals surface area contributed by atoms with Crippen LogP contribution in [0.3, 0.4) is 0 Å². The molecule has 1 N–H and O–H groups in total. The molecule has 0 aliphatic carbocycles. The Morgan fingerprint density at radius 1 is 1.14 bits per heavy atom. The molecule has 1 unspecified atom stereocenters. The monoisotopic (exact) mass is 313 g/mol. The van der Waals surface area contributed by atoms with Gasteiger partial charge in [0, 0.05) is 20.3 Å². The van der Waals surface area contributed by atoms with E-state index < -0.39 is 7.60 Å². The third kappa shape index (κ3) is 5.23. The molecular formula is C16H28NO3P. The summed E-state index contributed by atoms with van der Waals surface area (Å²) in [6.07, 6.45) is 0.597. The third-order valence-electron chi connectivity index (χ3n) is 3.90. The predicted octanol–water partition coefficient (Wildman–Crippen LogP) is 4.07. The molecule has 0 bridgehead atoms. The number of nitrogens with one attached hydrogen (secondary N) is 1. The van der Waals surface area contributed by atoms with E-state index >= 15 is 0 Å². The summed E-state index contributed by atoms with van der Waals surface area (Å²) in [5, 5.41) is 3.43. The van der Waals surface area contributed by atoms with Gasteiger partial charge < -0.3 is 14.4 Å². The van der Waals surface area contributed by atoms with Gasteiger partial charge in [-0.1, -0.05) is 51.1 Å². The van der Waals surface area contributed by atoms with E-state index in [9.17, 15) is 4.57 Å². The number of benzene rings is 1. The minimum atomic E-state index is -3.19. The van der Waals surface area contributed by atoms with Crippen molar-refractivity contribution in [1.29, 1.82) is 0 Å². The molecule has 0 saturated carbocycles. The predicted molar refractivity (Wildman–Crippen MR) is 87.6 cm³/mol. The molecule has 1 aromatic carbocycles. The first kappa shape index (κ1) is 18.4. The summed E-state index contributed by atoms with van der Waals surface area (Å²) in [6.45, 7) is 8.53. The van der Waals surface area contributed by atoms with Gasteiger partial charge in [-0.3, -0.25) is 4.57 Å². The lowest BCUT2D eigenvalue weighted by Crippen LogP contribution is -2.45. The van der Waals surface area contributed by atoms with Crippen molar-refractivity contribution in [2.45, 2.75) is 45.9 Å². The van der Waals surface area contributed by atoms with E-state index in [-0.39, 0.29) is 17.2 Å². The molecule has 1 aromatic rings. The highest BCUT2D eigenvalue weighted by Gasteiger charge is 2.36. The number of rotatable bonds is 7. The van der Waals surface area contributed by atoms with Crippen molar-refractivity contribution in [2.75, 3.05) is 14.2 Å². The van der Waals surface area contributed by atoms with Crippen LogP contribution >= 0.6 is 7.60 Å². The molecule has 5 heteroatoms. The average molecular weight is 313 g/mol. The highest BCUT2D eigenvalue weighted by Crippen LogP contribution is 2.52. The molecule has 0 amide bonds. The fraction of sp³-hybridized carbons (Fsp3) is 0.625. The minimum Gasteiger partial charge on any atom is -0.311 e. The molecule has 0 aromatic heterocycles. The Kier molecular flexibility index (Phi) is 6.61.